The van der Waals surface area contributed by atoms with E-state index in [1.807, 2.05) is 20.8 Å². The van der Waals surface area contributed by atoms with Crippen molar-refractivity contribution in [2.75, 3.05) is 25.6 Å². The molecular weight excluding hydrogens is 531 g/mol. The third kappa shape index (κ3) is 22.2. The van der Waals surface area contributed by atoms with Crippen LogP contribution in [0.2, 0.25) is 0 Å². The Hall–Kier alpha value is -0.0700. The van der Waals surface area contributed by atoms with Gasteiger partial charge in [0.25, 0.3) is 0 Å². The number of carbonyl (C=O) groups excluding carboxylic acids is 1. The second-order valence-electron chi connectivity index (χ2n) is 12.2. The third-order valence-corrected chi connectivity index (χ3v) is 9.07. The Bertz CT molecular complexity index is 600. The predicted molar refractivity (Wildman–Crippen MR) is 169 cm³/mol. The quantitative estimate of drug-likeness (QED) is 0.0440. The first-order valence-corrected chi connectivity index (χ1v) is 17.9. The minimum absolute atomic E-state index is 0.0797. The molecular formula is C31H63O6PS. The maximum Gasteiger partial charge on any atom is 0.374 e. The molecule has 8 heteroatoms. The molecule has 0 aromatic heterocycles. The van der Waals surface area contributed by atoms with Gasteiger partial charge in [0.1, 0.15) is 8.46 Å². The Morgan fingerprint density at radius 1 is 0.821 bits per heavy atom. The molecule has 0 aliphatic rings. The number of ether oxygens (including phenoxy) is 3. The molecule has 0 aliphatic heterocycles. The molecule has 1 N–H and O–H groups in total. The van der Waals surface area contributed by atoms with Gasteiger partial charge in [-0.05, 0) is 37.4 Å². The van der Waals surface area contributed by atoms with Gasteiger partial charge in [-0.15, -0.1) is 0 Å². The third-order valence-electron chi connectivity index (χ3n) is 6.78. The van der Waals surface area contributed by atoms with E-state index in [2.05, 4.69) is 32.5 Å². The van der Waals surface area contributed by atoms with E-state index in [4.69, 9.17) is 14.2 Å². The lowest BCUT2D eigenvalue weighted by Gasteiger charge is -2.25. The zero-order valence-electron chi connectivity index (χ0n) is 26.3. The highest BCUT2D eigenvalue weighted by Crippen LogP contribution is 2.27. The Morgan fingerprint density at radius 3 is 1.90 bits per heavy atom. The number of esters is 1. The van der Waals surface area contributed by atoms with Crippen LogP contribution in [0.25, 0.3) is 0 Å². The molecule has 0 fully saturated rings. The van der Waals surface area contributed by atoms with E-state index in [1.165, 1.54) is 102 Å². The van der Waals surface area contributed by atoms with Crippen LogP contribution in [0.3, 0.4) is 0 Å². The zero-order chi connectivity index (χ0) is 29.4. The van der Waals surface area contributed by atoms with Gasteiger partial charge < -0.3 is 23.9 Å². The van der Waals surface area contributed by atoms with Gasteiger partial charge in [-0.2, -0.15) is 11.8 Å². The van der Waals surface area contributed by atoms with Crippen LogP contribution in [-0.2, 0) is 23.6 Å². The molecule has 4 atom stereocenters. The van der Waals surface area contributed by atoms with Crippen molar-refractivity contribution < 1.29 is 28.7 Å². The first kappa shape index (κ1) is 38.9. The summed E-state index contributed by atoms with van der Waals surface area (Å²) in [4.78, 5) is 12.2. The SMILES string of the molecule is CCCCCCCCCCCSC(CCCCCCC)C(C)OCCCOC(O)([PH2]=O)C(=O)OCC(C)(C)C. The molecule has 0 saturated carbocycles. The molecule has 0 spiro atoms. The lowest BCUT2D eigenvalue weighted by molar-refractivity contribution is -0.198. The fraction of sp³-hybridized carbons (Fsp3) is 0.968. The van der Waals surface area contributed by atoms with Crippen LogP contribution < -0.4 is 0 Å². The molecule has 0 aliphatic carbocycles. The average molecular weight is 595 g/mol. The number of unbranched alkanes of at least 4 members (excludes halogenated alkanes) is 12. The van der Waals surface area contributed by atoms with Crippen LogP contribution in [0.1, 0.15) is 144 Å². The van der Waals surface area contributed by atoms with Crippen molar-refractivity contribution in [1.82, 2.24) is 0 Å². The maximum absolute atomic E-state index is 12.2. The summed E-state index contributed by atoms with van der Waals surface area (Å²) in [7, 11) is -1.89. The molecule has 0 bridgehead atoms. The molecule has 0 saturated heterocycles. The fourth-order valence-electron chi connectivity index (χ4n) is 4.24. The van der Waals surface area contributed by atoms with Gasteiger partial charge in [-0.25, -0.2) is 4.79 Å². The van der Waals surface area contributed by atoms with Gasteiger partial charge in [0, 0.05) is 11.9 Å². The zero-order valence-corrected chi connectivity index (χ0v) is 28.2. The van der Waals surface area contributed by atoms with Crippen LogP contribution in [0.15, 0.2) is 0 Å². The minimum Gasteiger partial charge on any atom is -0.461 e. The molecule has 39 heavy (non-hydrogen) atoms. The van der Waals surface area contributed by atoms with E-state index >= 15 is 0 Å². The van der Waals surface area contributed by atoms with Crippen molar-refractivity contribution in [2.24, 2.45) is 5.41 Å². The van der Waals surface area contributed by atoms with Crippen molar-refractivity contribution in [2.45, 2.75) is 161 Å². The summed E-state index contributed by atoms with van der Waals surface area (Å²) in [6, 6.07) is 0. The van der Waals surface area contributed by atoms with Crippen LogP contribution in [-0.4, -0.2) is 53.5 Å². The number of thioether (sulfide) groups is 1. The summed E-state index contributed by atoms with van der Waals surface area (Å²) in [5, 5.41) is 10.8. The first-order chi connectivity index (χ1) is 18.6. The van der Waals surface area contributed by atoms with E-state index in [-0.39, 0.29) is 24.7 Å². The van der Waals surface area contributed by atoms with Crippen LogP contribution in [0.4, 0.5) is 0 Å². The first-order valence-electron chi connectivity index (χ1n) is 15.8. The predicted octanol–water partition coefficient (Wildman–Crippen LogP) is 8.78. The van der Waals surface area contributed by atoms with Crippen molar-refractivity contribution in [3.8, 4) is 0 Å². The summed E-state index contributed by atoms with van der Waals surface area (Å²) >= 11 is 2.06. The minimum atomic E-state index is -2.36. The van der Waals surface area contributed by atoms with E-state index in [1.54, 1.807) is 0 Å². The Labute approximate surface area is 246 Å². The number of hydrogen-bond donors (Lipinski definition) is 1. The Morgan fingerprint density at radius 2 is 1.36 bits per heavy atom. The highest BCUT2D eigenvalue weighted by atomic mass is 32.2. The number of aliphatic hydroxyl groups is 1. The van der Waals surface area contributed by atoms with Crippen LogP contribution in [0.5, 0.6) is 0 Å². The summed E-state index contributed by atoms with van der Waals surface area (Å²) in [5.74, 6) is 0.204. The van der Waals surface area contributed by atoms with Crippen LogP contribution in [0, 0.1) is 5.41 Å². The van der Waals surface area contributed by atoms with Crippen molar-refractivity contribution in [3.63, 3.8) is 0 Å². The summed E-state index contributed by atoms with van der Waals surface area (Å²) in [5.41, 5.74) is -2.61. The molecule has 0 rings (SSSR count). The van der Waals surface area contributed by atoms with E-state index < -0.39 is 20.0 Å². The van der Waals surface area contributed by atoms with Gasteiger partial charge >= 0.3 is 11.5 Å². The second-order valence-corrected chi connectivity index (χ2v) is 14.5. The largest absolute Gasteiger partial charge is 0.461 e. The molecule has 0 amide bonds. The highest BCUT2D eigenvalue weighted by Gasteiger charge is 2.39. The van der Waals surface area contributed by atoms with Gasteiger partial charge in [0.15, 0.2) is 0 Å². The van der Waals surface area contributed by atoms with E-state index in [9.17, 15) is 14.5 Å². The molecule has 0 heterocycles. The smallest absolute Gasteiger partial charge is 0.374 e. The average Bonchev–Trinajstić information content (AvgIpc) is 2.90. The Balaban J connectivity index is 4.40. The molecule has 234 valence electrons. The fourth-order valence-corrected chi connectivity index (χ4v) is 5.96. The number of hydrogen-bond acceptors (Lipinski definition) is 7. The summed E-state index contributed by atoms with van der Waals surface area (Å²) in [6.07, 6.45) is 20.4. The molecule has 0 aromatic rings. The van der Waals surface area contributed by atoms with Crippen molar-refractivity contribution in [3.05, 3.63) is 0 Å². The lowest BCUT2D eigenvalue weighted by atomic mass is 9.99. The standard InChI is InChI=1S/C31H63O6PS/c1-7-9-11-13-14-15-16-18-20-25-39-28(22-19-17-12-10-8-2)27(3)35-23-21-24-37-31(33,38-34)29(32)36-26-30(4,5)6/h27-28,33H,7-26,38H2,1-6H3. The van der Waals surface area contributed by atoms with Crippen LogP contribution >= 0.6 is 20.2 Å². The van der Waals surface area contributed by atoms with Gasteiger partial charge in [-0.1, -0.05) is 118 Å². The van der Waals surface area contributed by atoms with E-state index in [0.717, 1.165) is 0 Å². The summed E-state index contributed by atoms with van der Waals surface area (Å²) in [6.45, 7) is 13.1. The topological polar surface area (TPSA) is 82.1 Å². The van der Waals surface area contributed by atoms with Gasteiger partial charge in [0.2, 0.25) is 0 Å². The normalized spacial score (nSPS) is 15.5. The van der Waals surface area contributed by atoms with Crippen molar-refractivity contribution in [1.29, 1.82) is 0 Å². The monoisotopic (exact) mass is 594 g/mol. The van der Waals surface area contributed by atoms with E-state index in [0.29, 0.717) is 18.3 Å². The van der Waals surface area contributed by atoms with Gasteiger partial charge in [-0.3, -0.25) is 0 Å². The van der Waals surface area contributed by atoms with Gasteiger partial charge in [0.05, 0.1) is 19.3 Å². The summed E-state index contributed by atoms with van der Waals surface area (Å²) < 4.78 is 28.1. The number of carbonyl (C=O) groups is 1. The maximum atomic E-state index is 12.2. The lowest BCUT2D eigenvalue weighted by Crippen LogP contribution is -2.39. The molecule has 0 aromatic carbocycles. The molecule has 0 radical (unpaired) electrons. The highest BCUT2D eigenvalue weighted by molar-refractivity contribution is 7.99. The molecule has 6 nitrogen and oxygen atoms in total. The van der Waals surface area contributed by atoms with Crippen molar-refractivity contribution >= 4 is 26.2 Å². The molecule has 4 unspecified atom stereocenters. The second kappa shape index (κ2) is 24.5. The Kier molecular flexibility index (Phi) is 24.5. The number of rotatable bonds is 27.